The lowest BCUT2D eigenvalue weighted by Gasteiger charge is -2.09. The number of anilines is 1. The average molecular weight is 206 g/mol. The van der Waals surface area contributed by atoms with Gasteiger partial charge in [-0.1, -0.05) is 0 Å². The molecule has 0 unspecified atom stereocenters. The van der Waals surface area contributed by atoms with Crippen molar-refractivity contribution in [1.82, 2.24) is 4.98 Å². The molecule has 1 heterocycles. The van der Waals surface area contributed by atoms with Crippen LogP contribution in [0.4, 0.5) is 19.0 Å². The van der Waals surface area contributed by atoms with Crippen LogP contribution in [0.3, 0.4) is 0 Å². The minimum Gasteiger partial charge on any atom is -0.478 e. The Balaban J connectivity index is 3.37. The molecule has 14 heavy (non-hydrogen) atoms. The highest BCUT2D eigenvalue weighted by Gasteiger charge is 2.35. The van der Waals surface area contributed by atoms with Gasteiger partial charge in [-0.3, -0.25) is 0 Å². The zero-order chi connectivity index (χ0) is 10.9. The third-order valence-corrected chi connectivity index (χ3v) is 1.46. The third-order valence-electron chi connectivity index (χ3n) is 1.46. The number of carbonyl (C=O) groups is 1. The minimum absolute atomic E-state index is 0.268. The fourth-order valence-electron chi connectivity index (χ4n) is 0.874. The number of hydrogen-bond donors (Lipinski definition) is 2. The first kappa shape index (κ1) is 10.3. The number of nitrogens with zero attached hydrogens (tertiary/aromatic N) is 1. The zero-order valence-corrected chi connectivity index (χ0v) is 6.67. The van der Waals surface area contributed by atoms with Gasteiger partial charge in [0, 0.05) is 6.20 Å². The molecule has 0 amide bonds. The second kappa shape index (κ2) is 3.17. The Morgan fingerprint density at radius 1 is 1.50 bits per heavy atom. The maximum absolute atomic E-state index is 12.2. The molecular weight excluding hydrogens is 201 g/mol. The molecule has 76 valence electrons. The smallest absolute Gasteiger partial charge is 0.418 e. The van der Waals surface area contributed by atoms with E-state index in [1.54, 1.807) is 0 Å². The number of nitrogen functional groups attached to an aromatic ring is 1. The van der Waals surface area contributed by atoms with Gasteiger partial charge in [0.15, 0.2) is 0 Å². The van der Waals surface area contributed by atoms with E-state index in [4.69, 9.17) is 10.8 Å². The normalized spacial score (nSPS) is 11.4. The molecule has 1 rings (SSSR count). The number of nitrogens with two attached hydrogens (primary N) is 1. The van der Waals surface area contributed by atoms with Crippen molar-refractivity contribution in [2.75, 3.05) is 5.73 Å². The molecular formula is C7H5F3N2O2. The summed E-state index contributed by atoms with van der Waals surface area (Å²) >= 11 is 0. The molecule has 0 aliphatic rings. The SMILES string of the molecule is Nc1cc(C(=O)O)c(C(F)(F)F)cn1. The molecule has 0 saturated heterocycles. The summed E-state index contributed by atoms with van der Waals surface area (Å²) in [6.07, 6.45) is -4.34. The first-order valence-electron chi connectivity index (χ1n) is 3.38. The first-order chi connectivity index (χ1) is 6.32. The van der Waals surface area contributed by atoms with Crippen molar-refractivity contribution in [2.45, 2.75) is 6.18 Å². The van der Waals surface area contributed by atoms with Crippen LogP contribution in [-0.2, 0) is 6.18 Å². The number of halogens is 3. The van der Waals surface area contributed by atoms with Crippen LogP contribution in [0.25, 0.3) is 0 Å². The summed E-state index contributed by atoms with van der Waals surface area (Å²) in [5.74, 6) is -1.96. The van der Waals surface area contributed by atoms with Gasteiger partial charge in [-0.25, -0.2) is 9.78 Å². The monoisotopic (exact) mass is 206 g/mol. The highest BCUT2D eigenvalue weighted by Crippen LogP contribution is 2.31. The summed E-state index contributed by atoms with van der Waals surface area (Å²) in [7, 11) is 0. The van der Waals surface area contributed by atoms with E-state index >= 15 is 0 Å². The van der Waals surface area contributed by atoms with E-state index in [0.29, 0.717) is 12.3 Å². The van der Waals surface area contributed by atoms with E-state index in [1.807, 2.05) is 0 Å². The van der Waals surface area contributed by atoms with Crippen LogP contribution < -0.4 is 5.73 Å². The van der Waals surface area contributed by atoms with Crippen molar-refractivity contribution in [3.63, 3.8) is 0 Å². The maximum Gasteiger partial charge on any atom is 0.418 e. The number of aromatic nitrogens is 1. The molecule has 7 heteroatoms. The Kier molecular flexibility index (Phi) is 2.33. The Bertz CT molecular complexity index is 376. The summed E-state index contributed by atoms with van der Waals surface area (Å²) in [5.41, 5.74) is 2.86. The minimum atomic E-state index is -4.74. The zero-order valence-electron chi connectivity index (χ0n) is 6.67. The van der Waals surface area contributed by atoms with Crippen molar-refractivity contribution >= 4 is 11.8 Å². The largest absolute Gasteiger partial charge is 0.478 e. The van der Waals surface area contributed by atoms with Crippen molar-refractivity contribution in [2.24, 2.45) is 0 Å². The van der Waals surface area contributed by atoms with E-state index in [2.05, 4.69) is 4.98 Å². The quantitative estimate of drug-likeness (QED) is 0.727. The number of alkyl halides is 3. The van der Waals surface area contributed by atoms with E-state index in [-0.39, 0.29) is 5.82 Å². The summed E-state index contributed by atoms with van der Waals surface area (Å²) in [4.78, 5) is 13.6. The van der Waals surface area contributed by atoms with E-state index in [9.17, 15) is 18.0 Å². The number of rotatable bonds is 1. The molecule has 4 nitrogen and oxygen atoms in total. The van der Waals surface area contributed by atoms with Crippen LogP contribution in [0, 0.1) is 0 Å². The highest BCUT2D eigenvalue weighted by molar-refractivity contribution is 5.90. The van der Waals surface area contributed by atoms with E-state index in [1.165, 1.54) is 0 Å². The van der Waals surface area contributed by atoms with Gasteiger partial charge in [-0.2, -0.15) is 13.2 Å². The molecule has 3 N–H and O–H groups in total. The molecule has 0 spiro atoms. The Labute approximate surface area is 76.2 Å². The maximum atomic E-state index is 12.2. The van der Waals surface area contributed by atoms with Crippen LogP contribution in [0.2, 0.25) is 0 Å². The molecule has 0 radical (unpaired) electrons. The lowest BCUT2D eigenvalue weighted by atomic mass is 10.1. The number of aromatic carboxylic acids is 1. The molecule has 0 aliphatic carbocycles. The van der Waals surface area contributed by atoms with E-state index in [0.717, 1.165) is 0 Å². The van der Waals surface area contributed by atoms with Crippen LogP contribution in [-0.4, -0.2) is 16.1 Å². The standard InChI is InChI=1S/C7H5F3N2O2/c8-7(9,10)4-2-12-5(11)1-3(4)6(13)14/h1-2H,(H2,11,12)(H,13,14). The van der Waals surface area contributed by atoms with Crippen molar-refractivity contribution in [3.8, 4) is 0 Å². The van der Waals surface area contributed by atoms with Gasteiger partial charge in [0.2, 0.25) is 0 Å². The molecule has 0 aliphatic heterocycles. The van der Waals surface area contributed by atoms with Crippen LogP contribution in [0.1, 0.15) is 15.9 Å². The molecule has 0 fully saturated rings. The van der Waals surface area contributed by atoms with Crippen molar-refractivity contribution in [1.29, 1.82) is 0 Å². The predicted molar refractivity (Wildman–Crippen MR) is 40.6 cm³/mol. The topological polar surface area (TPSA) is 76.2 Å². The molecule has 1 aromatic heterocycles. The number of hydrogen-bond acceptors (Lipinski definition) is 3. The summed E-state index contributed by atoms with van der Waals surface area (Å²) in [6.45, 7) is 0. The van der Waals surface area contributed by atoms with Gasteiger partial charge < -0.3 is 10.8 Å². The second-order valence-electron chi connectivity index (χ2n) is 2.46. The average Bonchev–Trinajstić information content (AvgIpc) is 2.01. The lowest BCUT2D eigenvalue weighted by molar-refractivity contribution is -0.138. The van der Waals surface area contributed by atoms with Crippen LogP contribution in [0.15, 0.2) is 12.3 Å². The molecule has 0 bridgehead atoms. The highest BCUT2D eigenvalue weighted by atomic mass is 19.4. The fourth-order valence-corrected chi connectivity index (χ4v) is 0.874. The van der Waals surface area contributed by atoms with Gasteiger partial charge in [0.1, 0.15) is 5.82 Å². The Hall–Kier alpha value is -1.79. The van der Waals surface area contributed by atoms with Gasteiger partial charge in [-0.05, 0) is 6.07 Å². The fraction of sp³-hybridized carbons (Fsp3) is 0.143. The summed E-state index contributed by atoms with van der Waals surface area (Å²) in [6, 6.07) is 0.672. The Morgan fingerprint density at radius 3 is 2.50 bits per heavy atom. The molecule has 0 atom stereocenters. The van der Waals surface area contributed by atoms with Gasteiger partial charge in [0.25, 0.3) is 0 Å². The van der Waals surface area contributed by atoms with Gasteiger partial charge >= 0.3 is 12.1 Å². The molecule has 1 aromatic rings. The molecule has 0 saturated carbocycles. The first-order valence-corrected chi connectivity index (χ1v) is 3.38. The second-order valence-corrected chi connectivity index (χ2v) is 2.46. The van der Waals surface area contributed by atoms with Gasteiger partial charge in [-0.15, -0.1) is 0 Å². The van der Waals surface area contributed by atoms with Crippen LogP contribution in [0.5, 0.6) is 0 Å². The predicted octanol–water partition coefficient (Wildman–Crippen LogP) is 1.38. The third kappa shape index (κ3) is 1.93. The van der Waals surface area contributed by atoms with Crippen molar-refractivity contribution in [3.05, 3.63) is 23.4 Å². The van der Waals surface area contributed by atoms with E-state index < -0.39 is 23.3 Å². The summed E-state index contributed by atoms with van der Waals surface area (Å²) in [5, 5.41) is 8.47. The number of carboxylic acid groups (broad SMARTS) is 1. The lowest BCUT2D eigenvalue weighted by Crippen LogP contribution is -2.14. The number of pyridine rings is 1. The molecule has 0 aromatic carbocycles. The number of carboxylic acids is 1. The van der Waals surface area contributed by atoms with Gasteiger partial charge in [0.05, 0.1) is 11.1 Å². The van der Waals surface area contributed by atoms with Crippen molar-refractivity contribution < 1.29 is 23.1 Å². The Morgan fingerprint density at radius 2 is 2.07 bits per heavy atom. The van der Waals surface area contributed by atoms with Crippen LogP contribution >= 0.6 is 0 Å². The summed E-state index contributed by atoms with van der Waals surface area (Å²) < 4.78 is 36.6.